The number of phenols is 1. The molecule has 0 bridgehead atoms. The van der Waals surface area contributed by atoms with Gasteiger partial charge in [-0.3, -0.25) is 0 Å². The number of ether oxygens (including phenoxy) is 1. The highest BCUT2D eigenvalue weighted by Crippen LogP contribution is 2.38. The Morgan fingerprint density at radius 1 is 1.47 bits per heavy atom. The lowest BCUT2D eigenvalue weighted by atomic mass is 10.1. The molecule has 1 aromatic rings. The number of halogens is 1. The van der Waals surface area contributed by atoms with Gasteiger partial charge >= 0.3 is 0 Å². The highest BCUT2D eigenvalue weighted by atomic mass is 127. The number of nitrogens with one attached hydrogen (secondary N) is 2. The Morgan fingerprint density at radius 2 is 2.06 bits per heavy atom. The molecule has 0 aliphatic heterocycles. The summed E-state index contributed by atoms with van der Waals surface area (Å²) in [4.78, 5) is 0. The van der Waals surface area contributed by atoms with Gasteiger partial charge in [0.15, 0.2) is 11.5 Å². The Bertz CT molecular complexity index is 386. The summed E-state index contributed by atoms with van der Waals surface area (Å²) in [6.07, 6.45) is 0.505. The maximum atomic E-state index is 9.58. The van der Waals surface area contributed by atoms with Crippen molar-refractivity contribution in [2.75, 3.05) is 12.2 Å². The Morgan fingerprint density at radius 3 is 2.47 bits per heavy atom. The summed E-state index contributed by atoms with van der Waals surface area (Å²) >= 11 is 2.21. The molecule has 4 nitrogen and oxygen atoms in total. The number of phenolic OH excluding ortho intramolecular Hbond substituents is 1. The van der Waals surface area contributed by atoms with E-state index in [9.17, 15) is 5.11 Å². The summed E-state index contributed by atoms with van der Waals surface area (Å²) in [5, 5.41) is 20.4. The predicted molar refractivity (Wildman–Crippen MR) is 84.5 cm³/mol. The van der Waals surface area contributed by atoms with Gasteiger partial charge in [0.05, 0.1) is 18.4 Å². The minimum atomic E-state index is 0.0569. The van der Waals surface area contributed by atoms with E-state index in [-0.39, 0.29) is 5.75 Å². The maximum Gasteiger partial charge on any atom is 0.171 e. The van der Waals surface area contributed by atoms with Crippen molar-refractivity contribution in [2.45, 2.75) is 20.8 Å². The number of aromatic hydroxyl groups is 1. The molecule has 1 atom stereocenters. The van der Waals surface area contributed by atoms with Crippen molar-refractivity contribution in [1.29, 1.82) is 5.41 Å². The van der Waals surface area contributed by atoms with E-state index in [1.165, 1.54) is 7.11 Å². The van der Waals surface area contributed by atoms with Gasteiger partial charge in [-0.05, 0) is 41.1 Å². The fourth-order valence-corrected chi connectivity index (χ4v) is 2.49. The van der Waals surface area contributed by atoms with Crippen molar-refractivity contribution in [3.63, 3.8) is 0 Å². The minimum absolute atomic E-state index is 0.0569. The first kappa shape index (κ1) is 16.4. The van der Waals surface area contributed by atoms with Crippen molar-refractivity contribution in [1.82, 2.24) is 0 Å². The number of benzene rings is 1. The lowest BCUT2D eigenvalue weighted by molar-refractivity contribution is 0.373. The van der Waals surface area contributed by atoms with Crippen LogP contribution < -0.4 is 9.82 Å². The molecular weight excluding hydrogens is 350 g/mol. The van der Waals surface area contributed by atoms with Crippen LogP contribution in [0.25, 0.3) is 0 Å². The number of anilines is 1. The number of methoxy groups -OCH3 is 1. The van der Waals surface area contributed by atoms with E-state index < -0.39 is 0 Å². The smallest absolute Gasteiger partial charge is 0.171 e. The predicted octanol–water partition coefficient (Wildman–Crippen LogP) is 4.17. The van der Waals surface area contributed by atoms with Crippen molar-refractivity contribution in [3.8, 4) is 11.5 Å². The molecule has 96 valence electrons. The third-order valence-corrected chi connectivity index (χ3v) is 3.07. The van der Waals surface area contributed by atoms with Gasteiger partial charge in [0.1, 0.15) is 0 Å². The summed E-state index contributed by atoms with van der Waals surface area (Å²) in [5.41, 5.74) is 1.78. The van der Waals surface area contributed by atoms with E-state index in [4.69, 9.17) is 10.1 Å². The van der Waals surface area contributed by atoms with Crippen molar-refractivity contribution >= 4 is 39.8 Å². The molecule has 0 aromatic heterocycles. The second-order valence-electron chi connectivity index (χ2n) is 2.88. The van der Waals surface area contributed by atoms with Crippen LogP contribution in [-0.4, -0.2) is 17.9 Å². The second kappa shape index (κ2) is 8.53. The van der Waals surface area contributed by atoms with Crippen LogP contribution in [0.1, 0.15) is 26.3 Å². The van der Waals surface area contributed by atoms with Gasteiger partial charge in [-0.25, -0.2) is 0 Å². The summed E-state index contributed by atoms with van der Waals surface area (Å²) in [5.74, 6) is 0.406. The van der Waals surface area contributed by atoms with E-state index in [1.54, 1.807) is 19.1 Å². The third kappa shape index (κ3) is 4.32. The molecule has 0 heterocycles. The Hall–Kier alpha value is -0.550. The van der Waals surface area contributed by atoms with E-state index in [2.05, 4.69) is 27.1 Å². The van der Waals surface area contributed by atoms with E-state index in [0.717, 1.165) is 5.69 Å². The lowest BCUT2D eigenvalue weighted by Crippen LogP contribution is -2.01. The molecule has 6 heteroatoms. The minimum Gasteiger partial charge on any atom is -0.504 e. The van der Waals surface area contributed by atoms with Gasteiger partial charge in [-0.1, -0.05) is 13.8 Å². The second-order valence-corrected chi connectivity index (χ2v) is 4.94. The van der Waals surface area contributed by atoms with Gasteiger partial charge < -0.3 is 20.3 Å². The zero-order valence-corrected chi connectivity index (χ0v) is 13.5. The average Bonchev–Trinajstić information content (AvgIpc) is 2.33. The molecule has 0 aliphatic rings. The van der Waals surface area contributed by atoms with Crippen LogP contribution in [0.2, 0.25) is 0 Å². The first-order chi connectivity index (χ1) is 8.11. The Labute approximate surface area is 117 Å². The maximum absolute atomic E-state index is 9.58. The Balaban J connectivity index is 0.00000121. The van der Waals surface area contributed by atoms with Crippen LogP contribution in [0.4, 0.5) is 5.69 Å². The summed E-state index contributed by atoms with van der Waals surface area (Å²) < 4.78 is 5.09. The molecule has 1 unspecified atom stereocenters. The first-order valence-corrected chi connectivity index (χ1v) is 9.30. The SMILES string of the molecule is CC.COc1c(O)ccc(NPI)c1C(C)=N. The number of rotatable bonds is 4. The van der Waals surface area contributed by atoms with Crippen LogP contribution in [0, 0.1) is 5.41 Å². The summed E-state index contributed by atoms with van der Waals surface area (Å²) in [7, 11) is 1.48. The molecule has 0 radical (unpaired) electrons. The van der Waals surface area contributed by atoms with E-state index in [0.29, 0.717) is 23.4 Å². The van der Waals surface area contributed by atoms with Gasteiger partial charge in [0.25, 0.3) is 0 Å². The van der Waals surface area contributed by atoms with E-state index in [1.807, 2.05) is 13.8 Å². The Kier molecular flexibility index (Phi) is 8.25. The molecule has 3 N–H and O–H groups in total. The third-order valence-electron chi connectivity index (χ3n) is 1.90. The van der Waals surface area contributed by atoms with Gasteiger partial charge in [0, 0.05) is 12.1 Å². The molecule has 0 saturated carbocycles. The summed E-state index contributed by atoms with van der Waals surface area (Å²) in [6, 6.07) is 3.31. The van der Waals surface area contributed by atoms with Crippen LogP contribution in [0.5, 0.6) is 11.5 Å². The highest BCUT2D eigenvalue weighted by Gasteiger charge is 2.15. The fraction of sp³-hybridized carbons (Fsp3) is 0.364. The van der Waals surface area contributed by atoms with Gasteiger partial charge in [0.2, 0.25) is 0 Å². The molecule has 0 aliphatic carbocycles. The molecule has 17 heavy (non-hydrogen) atoms. The highest BCUT2D eigenvalue weighted by molar-refractivity contribution is 14.2. The van der Waals surface area contributed by atoms with Crippen molar-refractivity contribution < 1.29 is 9.84 Å². The summed E-state index contributed by atoms with van der Waals surface area (Å²) in [6.45, 7) is 5.67. The van der Waals surface area contributed by atoms with E-state index >= 15 is 0 Å². The van der Waals surface area contributed by atoms with Crippen LogP contribution in [-0.2, 0) is 0 Å². The quantitative estimate of drug-likeness (QED) is 0.324. The monoisotopic (exact) mass is 368 g/mol. The zero-order chi connectivity index (χ0) is 13.4. The standard InChI is InChI=1S/C9H12IN2O2P.C2H6/c1-5(11)8-6(12-15-10)3-4-7(13)9(8)14-2;1-2/h3-4,11-13,15H,1-2H3;1-2H3. The fourth-order valence-electron chi connectivity index (χ4n) is 1.31. The van der Waals surface area contributed by atoms with Crippen molar-refractivity contribution in [3.05, 3.63) is 17.7 Å². The first-order valence-electron chi connectivity index (χ1n) is 5.19. The lowest BCUT2D eigenvalue weighted by Gasteiger charge is -2.14. The van der Waals surface area contributed by atoms with Crippen LogP contribution in [0.3, 0.4) is 0 Å². The average molecular weight is 368 g/mol. The van der Waals surface area contributed by atoms with Gasteiger partial charge in [-0.15, -0.1) is 0 Å². The molecular formula is C11H18IN2O2P. The molecule has 1 aromatic carbocycles. The largest absolute Gasteiger partial charge is 0.504 e. The van der Waals surface area contributed by atoms with Crippen LogP contribution in [0.15, 0.2) is 12.1 Å². The normalized spacial score (nSPS) is 9.71. The molecule has 0 fully saturated rings. The van der Waals surface area contributed by atoms with Crippen molar-refractivity contribution in [2.24, 2.45) is 0 Å². The zero-order valence-electron chi connectivity index (χ0n) is 10.4. The molecule has 0 amide bonds. The molecule has 0 saturated heterocycles. The number of hydrogen-bond acceptors (Lipinski definition) is 4. The molecule has 0 spiro atoms. The number of hydrogen-bond donors (Lipinski definition) is 3. The molecule has 1 rings (SSSR count). The topological polar surface area (TPSA) is 65.3 Å². The van der Waals surface area contributed by atoms with Gasteiger partial charge in [-0.2, -0.15) is 0 Å². The van der Waals surface area contributed by atoms with Crippen LogP contribution >= 0.6 is 28.4 Å².